The average molecular weight is 312 g/mol. The highest BCUT2D eigenvalue weighted by Crippen LogP contribution is 2.10. The van der Waals surface area contributed by atoms with Crippen molar-refractivity contribution in [1.29, 1.82) is 0 Å². The van der Waals surface area contributed by atoms with Gasteiger partial charge in [-0.1, -0.05) is 38.2 Å². The molecule has 4 heteroatoms. The van der Waals surface area contributed by atoms with Crippen molar-refractivity contribution in [2.45, 2.75) is 78.1 Å². The van der Waals surface area contributed by atoms with E-state index in [1.807, 2.05) is 13.8 Å². The number of carbonyl (C=O) groups is 2. The summed E-state index contributed by atoms with van der Waals surface area (Å²) in [4.78, 5) is 22.7. The number of esters is 2. The van der Waals surface area contributed by atoms with E-state index in [4.69, 9.17) is 9.47 Å². The van der Waals surface area contributed by atoms with Crippen LogP contribution in [0.25, 0.3) is 0 Å². The summed E-state index contributed by atoms with van der Waals surface area (Å²) in [5.41, 5.74) is 1.03. The second-order valence-electron chi connectivity index (χ2n) is 5.77. The predicted octanol–water partition coefficient (Wildman–Crippen LogP) is 4.57. The van der Waals surface area contributed by atoms with Crippen LogP contribution in [0.2, 0.25) is 0 Å². The van der Waals surface area contributed by atoms with Crippen molar-refractivity contribution in [3.63, 3.8) is 0 Å². The molecule has 0 fully saturated rings. The summed E-state index contributed by atoms with van der Waals surface area (Å²) in [5, 5.41) is 0. The highest BCUT2D eigenvalue weighted by Gasteiger charge is 2.03. The zero-order valence-corrected chi connectivity index (χ0v) is 14.3. The minimum Gasteiger partial charge on any atom is -0.466 e. The van der Waals surface area contributed by atoms with E-state index in [0.29, 0.717) is 26.1 Å². The lowest BCUT2D eigenvalue weighted by Gasteiger charge is -2.05. The van der Waals surface area contributed by atoms with Crippen LogP contribution in [-0.4, -0.2) is 25.2 Å². The second-order valence-corrected chi connectivity index (χ2v) is 5.77. The molecule has 0 heterocycles. The molecule has 22 heavy (non-hydrogen) atoms. The van der Waals surface area contributed by atoms with Crippen molar-refractivity contribution >= 4 is 11.9 Å². The van der Waals surface area contributed by atoms with Crippen molar-refractivity contribution in [2.75, 3.05) is 13.2 Å². The van der Waals surface area contributed by atoms with Gasteiger partial charge in [0, 0.05) is 19.3 Å². The van der Waals surface area contributed by atoms with Gasteiger partial charge in [0.15, 0.2) is 0 Å². The quantitative estimate of drug-likeness (QED) is 0.268. The van der Waals surface area contributed by atoms with E-state index in [9.17, 15) is 9.59 Å². The molecule has 0 aliphatic heterocycles. The van der Waals surface area contributed by atoms with Crippen LogP contribution in [0, 0.1) is 0 Å². The molecule has 0 aliphatic carbocycles. The first-order valence-corrected chi connectivity index (χ1v) is 8.52. The van der Waals surface area contributed by atoms with E-state index >= 15 is 0 Å². The molecular weight excluding hydrogens is 280 g/mol. The van der Waals surface area contributed by atoms with Gasteiger partial charge in [0.1, 0.15) is 0 Å². The topological polar surface area (TPSA) is 52.6 Å². The van der Waals surface area contributed by atoms with Gasteiger partial charge in [-0.2, -0.15) is 0 Å². The van der Waals surface area contributed by atoms with Gasteiger partial charge in [0.05, 0.1) is 13.2 Å². The highest BCUT2D eigenvalue weighted by atomic mass is 16.5. The summed E-state index contributed by atoms with van der Waals surface area (Å²) >= 11 is 0. The van der Waals surface area contributed by atoms with E-state index in [2.05, 4.69) is 6.58 Å². The van der Waals surface area contributed by atoms with Crippen molar-refractivity contribution < 1.29 is 19.1 Å². The second kappa shape index (κ2) is 14.6. The lowest BCUT2D eigenvalue weighted by Crippen LogP contribution is -2.05. The molecule has 0 rings (SSSR count). The summed E-state index contributed by atoms with van der Waals surface area (Å²) in [6.45, 7) is 8.66. The number of carbonyl (C=O) groups excluding carboxylic acids is 2. The van der Waals surface area contributed by atoms with Gasteiger partial charge in [-0.05, 0) is 26.2 Å². The first kappa shape index (κ1) is 20.7. The van der Waals surface area contributed by atoms with Gasteiger partial charge in [-0.15, -0.1) is 6.58 Å². The molecule has 0 aromatic rings. The molecule has 0 saturated heterocycles. The molecule has 0 N–H and O–H groups in total. The van der Waals surface area contributed by atoms with Crippen molar-refractivity contribution in [1.82, 2.24) is 0 Å². The third-order valence-corrected chi connectivity index (χ3v) is 3.27. The lowest BCUT2D eigenvalue weighted by molar-refractivity contribution is -0.144. The molecule has 4 nitrogen and oxygen atoms in total. The summed E-state index contributed by atoms with van der Waals surface area (Å²) in [7, 11) is 0. The SMILES string of the molecule is C=C(C)CCOC(=O)CCCCCCCCC(=O)OCCC. The number of ether oxygens (including phenoxy) is 2. The summed E-state index contributed by atoms with van der Waals surface area (Å²) in [6, 6.07) is 0. The Hall–Kier alpha value is -1.32. The number of unbranched alkanes of at least 4 members (excludes halogenated alkanes) is 5. The lowest BCUT2D eigenvalue weighted by atomic mass is 10.1. The molecule has 128 valence electrons. The summed E-state index contributed by atoms with van der Waals surface area (Å²) in [5.74, 6) is -0.195. The van der Waals surface area contributed by atoms with Gasteiger partial charge < -0.3 is 9.47 Å². The Labute approximate surface area is 135 Å². The maximum atomic E-state index is 11.4. The number of hydrogen-bond acceptors (Lipinski definition) is 4. The third kappa shape index (κ3) is 15.1. The maximum absolute atomic E-state index is 11.4. The minimum absolute atomic E-state index is 0.0839. The van der Waals surface area contributed by atoms with Crippen LogP contribution in [0.5, 0.6) is 0 Å². The van der Waals surface area contributed by atoms with E-state index < -0.39 is 0 Å². The van der Waals surface area contributed by atoms with Crippen LogP contribution in [0.15, 0.2) is 12.2 Å². The van der Waals surface area contributed by atoms with Crippen LogP contribution < -0.4 is 0 Å². The molecule has 0 aromatic heterocycles. The maximum Gasteiger partial charge on any atom is 0.305 e. The average Bonchev–Trinajstić information content (AvgIpc) is 2.47. The van der Waals surface area contributed by atoms with Crippen LogP contribution in [0.3, 0.4) is 0 Å². The first-order valence-electron chi connectivity index (χ1n) is 8.52. The summed E-state index contributed by atoms with van der Waals surface area (Å²) in [6.07, 6.45) is 8.70. The predicted molar refractivity (Wildman–Crippen MR) is 88.6 cm³/mol. The molecular formula is C18H32O4. The molecule has 0 atom stereocenters. The largest absolute Gasteiger partial charge is 0.466 e. The van der Waals surface area contributed by atoms with E-state index in [1.54, 1.807) is 0 Å². The highest BCUT2D eigenvalue weighted by molar-refractivity contribution is 5.69. The molecule has 0 saturated carbocycles. The molecule has 0 bridgehead atoms. The van der Waals surface area contributed by atoms with Gasteiger partial charge in [-0.25, -0.2) is 0 Å². The molecule has 0 aliphatic rings. The molecule has 0 radical (unpaired) electrons. The van der Waals surface area contributed by atoms with Gasteiger partial charge >= 0.3 is 11.9 Å². The number of rotatable bonds is 14. The Morgan fingerprint density at radius 1 is 0.773 bits per heavy atom. The zero-order valence-electron chi connectivity index (χ0n) is 14.3. The normalized spacial score (nSPS) is 10.3. The Balaban J connectivity index is 3.27. The summed E-state index contributed by atoms with van der Waals surface area (Å²) < 4.78 is 10.1. The standard InChI is InChI=1S/C18H32O4/c1-4-14-21-17(19)11-9-7-5-6-8-10-12-18(20)22-15-13-16(2)3/h2,4-15H2,1,3H3. The smallest absolute Gasteiger partial charge is 0.305 e. The molecule has 0 aromatic carbocycles. The minimum atomic E-state index is -0.111. The van der Waals surface area contributed by atoms with Crippen LogP contribution >= 0.6 is 0 Å². The van der Waals surface area contributed by atoms with E-state index in [0.717, 1.165) is 56.9 Å². The Morgan fingerprint density at radius 2 is 1.23 bits per heavy atom. The Morgan fingerprint density at radius 3 is 1.68 bits per heavy atom. The monoisotopic (exact) mass is 312 g/mol. The zero-order chi connectivity index (χ0) is 16.6. The molecule has 0 amide bonds. The van der Waals surface area contributed by atoms with Crippen LogP contribution in [0.1, 0.15) is 78.1 Å². The van der Waals surface area contributed by atoms with Gasteiger partial charge in [0.2, 0.25) is 0 Å². The van der Waals surface area contributed by atoms with E-state index in [-0.39, 0.29) is 11.9 Å². The Kier molecular flexibility index (Phi) is 13.7. The van der Waals surface area contributed by atoms with E-state index in [1.165, 1.54) is 0 Å². The third-order valence-electron chi connectivity index (χ3n) is 3.27. The fourth-order valence-corrected chi connectivity index (χ4v) is 1.95. The van der Waals surface area contributed by atoms with Crippen molar-refractivity contribution in [3.05, 3.63) is 12.2 Å². The molecule has 0 unspecified atom stereocenters. The van der Waals surface area contributed by atoms with Crippen molar-refractivity contribution in [2.24, 2.45) is 0 Å². The number of hydrogen-bond donors (Lipinski definition) is 0. The first-order chi connectivity index (χ1) is 10.6. The Bertz CT molecular complexity index is 323. The van der Waals surface area contributed by atoms with Gasteiger partial charge in [0.25, 0.3) is 0 Å². The van der Waals surface area contributed by atoms with Gasteiger partial charge in [-0.3, -0.25) is 9.59 Å². The fraction of sp³-hybridized carbons (Fsp3) is 0.778. The fourth-order valence-electron chi connectivity index (χ4n) is 1.95. The van der Waals surface area contributed by atoms with Crippen molar-refractivity contribution in [3.8, 4) is 0 Å². The van der Waals surface area contributed by atoms with Crippen LogP contribution in [0.4, 0.5) is 0 Å². The van der Waals surface area contributed by atoms with Crippen LogP contribution in [-0.2, 0) is 19.1 Å². The molecule has 0 spiro atoms.